The molecule has 1 aromatic rings. The van der Waals surface area contributed by atoms with Crippen molar-refractivity contribution in [3.8, 4) is 0 Å². The maximum Gasteiger partial charge on any atom is 0.352 e. The van der Waals surface area contributed by atoms with Gasteiger partial charge in [0.2, 0.25) is 10.0 Å². The Labute approximate surface area is 112 Å². The van der Waals surface area contributed by atoms with Gasteiger partial charge in [-0.2, -0.15) is 0 Å². The van der Waals surface area contributed by atoms with Gasteiger partial charge in [0.15, 0.2) is 0 Å². The fraction of sp³-hybridized carbons (Fsp3) is 0.583. The monoisotopic (exact) mass is 286 g/mol. The molecule has 2 atom stereocenters. The zero-order valence-electron chi connectivity index (χ0n) is 11.0. The fourth-order valence-corrected chi connectivity index (χ4v) is 3.85. The van der Waals surface area contributed by atoms with Gasteiger partial charge in [0.05, 0.1) is 0 Å². The lowest BCUT2D eigenvalue weighted by molar-refractivity contribution is 0.0686. The van der Waals surface area contributed by atoms with E-state index in [-0.39, 0.29) is 16.6 Å². The van der Waals surface area contributed by atoms with E-state index in [0.29, 0.717) is 5.92 Å². The largest absolute Gasteiger partial charge is 0.477 e. The molecule has 106 valence electrons. The number of sulfonamides is 1. The van der Waals surface area contributed by atoms with E-state index < -0.39 is 16.0 Å². The second-order valence-electron chi connectivity index (χ2n) is 5.21. The molecule has 7 heteroatoms. The molecule has 1 fully saturated rings. The van der Waals surface area contributed by atoms with Gasteiger partial charge in [0.1, 0.15) is 10.6 Å². The van der Waals surface area contributed by atoms with Crippen molar-refractivity contribution in [1.29, 1.82) is 0 Å². The molecule has 0 aromatic carbocycles. The van der Waals surface area contributed by atoms with Crippen LogP contribution in [0.1, 0.15) is 36.7 Å². The molecular formula is C12H18N2O4S. The fourth-order valence-electron chi connectivity index (χ4n) is 2.50. The summed E-state index contributed by atoms with van der Waals surface area (Å²) in [4.78, 5) is 10.9. The highest BCUT2D eigenvalue weighted by atomic mass is 32.2. The molecule has 2 N–H and O–H groups in total. The molecule has 0 spiro atoms. The predicted molar refractivity (Wildman–Crippen MR) is 69.5 cm³/mol. The van der Waals surface area contributed by atoms with Crippen molar-refractivity contribution in [3.63, 3.8) is 0 Å². The van der Waals surface area contributed by atoms with Crippen LogP contribution in [-0.4, -0.2) is 30.1 Å². The SMILES string of the molecule is CC1CCC(NS(=O)(=O)c2cc(C(=O)O)n(C)c2)C1. The highest BCUT2D eigenvalue weighted by Gasteiger charge is 2.27. The van der Waals surface area contributed by atoms with Gasteiger partial charge < -0.3 is 9.67 Å². The van der Waals surface area contributed by atoms with Crippen molar-refractivity contribution in [1.82, 2.24) is 9.29 Å². The van der Waals surface area contributed by atoms with Crippen molar-refractivity contribution in [2.45, 2.75) is 37.1 Å². The molecular weight excluding hydrogens is 268 g/mol. The van der Waals surface area contributed by atoms with Gasteiger partial charge in [-0.3, -0.25) is 0 Å². The molecule has 19 heavy (non-hydrogen) atoms. The van der Waals surface area contributed by atoms with Crippen molar-refractivity contribution >= 4 is 16.0 Å². The standard InChI is InChI=1S/C12H18N2O4S/c1-8-3-4-9(5-8)13-19(17,18)10-6-11(12(15)16)14(2)7-10/h6-9,13H,3-5H2,1-2H3,(H,15,16). The molecule has 6 nitrogen and oxygen atoms in total. The molecule has 0 saturated heterocycles. The first kappa shape index (κ1) is 14.1. The van der Waals surface area contributed by atoms with Gasteiger partial charge in [0, 0.05) is 19.3 Å². The van der Waals surface area contributed by atoms with Crippen LogP contribution in [0.2, 0.25) is 0 Å². The Balaban J connectivity index is 2.20. The summed E-state index contributed by atoms with van der Waals surface area (Å²) in [5, 5.41) is 8.93. The van der Waals surface area contributed by atoms with E-state index in [1.807, 2.05) is 0 Å². The molecule has 1 aromatic heterocycles. The summed E-state index contributed by atoms with van der Waals surface area (Å²) in [6.07, 6.45) is 4.00. The van der Waals surface area contributed by atoms with Gasteiger partial charge in [-0.05, 0) is 31.2 Å². The van der Waals surface area contributed by atoms with Gasteiger partial charge in [-0.15, -0.1) is 0 Å². The summed E-state index contributed by atoms with van der Waals surface area (Å²) in [5.74, 6) is -0.614. The Morgan fingerprint density at radius 3 is 2.63 bits per heavy atom. The topological polar surface area (TPSA) is 88.4 Å². The van der Waals surface area contributed by atoms with Crippen LogP contribution in [0.15, 0.2) is 17.2 Å². The quantitative estimate of drug-likeness (QED) is 0.870. The highest BCUT2D eigenvalue weighted by Crippen LogP contribution is 2.26. The molecule has 2 unspecified atom stereocenters. The number of aryl methyl sites for hydroxylation is 1. The molecule has 1 saturated carbocycles. The first-order valence-corrected chi connectivity index (χ1v) is 7.70. The Hall–Kier alpha value is -1.34. The van der Waals surface area contributed by atoms with Gasteiger partial charge in [-0.25, -0.2) is 17.9 Å². The zero-order chi connectivity index (χ0) is 14.2. The third-order valence-electron chi connectivity index (χ3n) is 3.53. The summed E-state index contributed by atoms with van der Waals surface area (Å²) in [6.45, 7) is 2.10. The number of carboxylic acids is 1. The van der Waals surface area contributed by atoms with Crippen LogP contribution in [-0.2, 0) is 17.1 Å². The molecule has 1 aliphatic carbocycles. The minimum absolute atomic E-state index is 0.00644. The second kappa shape index (κ2) is 4.97. The Kier molecular flexibility index (Phi) is 3.69. The van der Waals surface area contributed by atoms with Crippen molar-refractivity contribution in [2.75, 3.05) is 0 Å². The Morgan fingerprint density at radius 1 is 1.47 bits per heavy atom. The lowest BCUT2D eigenvalue weighted by atomic mass is 10.1. The van der Waals surface area contributed by atoms with Gasteiger partial charge >= 0.3 is 5.97 Å². The summed E-state index contributed by atoms with van der Waals surface area (Å²) in [7, 11) is -2.12. The third kappa shape index (κ3) is 2.98. The number of nitrogens with zero attached hydrogens (tertiary/aromatic N) is 1. The predicted octanol–water partition coefficient (Wildman–Crippen LogP) is 1.19. The summed E-state index contributed by atoms with van der Waals surface area (Å²) >= 11 is 0. The van der Waals surface area contributed by atoms with E-state index in [2.05, 4.69) is 11.6 Å². The average molecular weight is 286 g/mol. The maximum absolute atomic E-state index is 12.2. The Bertz CT molecular complexity index is 591. The number of aromatic nitrogens is 1. The van der Waals surface area contributed by atoms with E-state index >= 15 is 0 Å². The minimum atomic E-state index is -3.64. The highest BCUT2D eigenvalue weighted by molar-refractivity contribution is 7.89. The lowest BCUT2D eigenvalue weighted by Crippen LogP contribution is -2.32. The van der Waals surface area contributed by atoms with E-state index in [4.69, 9.17) is 5.11 Å². The number of rotatable bonds is 4. The lowest BCUT2D eigenvalue weighted by Gasteiger charge is -2.11. The van der Waals surface area contributed by atoms with Gasteiger partial charge in [-0.1, -0.05) is 6.92 Å². The van der Waals surface area contributed by atoms with E-state index in [1.165, 1.54) is 23.9 Å². The van der Waals surface area contributed by atoms with E-state index in [1.54, 1.807) is 0 Å². The number of carboxylic acid groups (broad SMARTS) is 1. The summed E-state index contributed by atoms with van der Waals surface area (Å²) in [6, 6.07) is 1.14. The van der Waals surface area contributed by atoms with Crippen LogP contribution >= 0.6 is 0 Å². The molecule has 0 aliphatic heterocycles. The average Bonchev–Trinajstić information content (AvgIpc) is 2.84. The van der Waals surface area contributed by atoms with Crippen molar-refractivity contribution in [2.24, 2.45) is 13.0 Å². The maximum atomic E-state index is 12.2. The van der Waals surface area contributed by atoms with E-state index in [9.17, 15) is 13.2 Å². The number of aromatic carboxylic acids is 1. The summed E-state index contributed by atoms with van der Waals surface area (Å²) < 4.78 is 28.3. The first-order valence-electron chi connectivity index (χ1n) is 6.21. The number of hydrogen-bond donors (Lipinski definition) is 2. The van der Waals surface area contributed by atoms with Crippen LogP contribution < -0.4 is 4.72 Å². The third-order valence-corrected chi connectivity index (χ3v) is 5.01. The van der Waals surface area contributed by atoms with Crippen LogP contribution in [0.5, 0.6) is 0 Å². The molecule has 0 bridgehead atoms. The molecule has 2 rings (SSSR count). The number of hydrogen-bond acceptors (Lipinski definition) is 3. The zero-order valence-corrected chi connectivity index (χ0v) is 11.8. The van der Waals surface area contributed by atoms with Crippen molar-refractivity contribution in [3.05, 3.63) is 18.0 Å². The molecule has 1 heterocycles. The molecule has 1 aliphatic rings. The van der Waals surface area contributed by atoms with Crippen molar-refractivity contribution < 1.29 is 18.3 Å². The van der Waals surface area contributed by atoms with E-state index in [0.717, 1.165) is 19.3 Å². The minimum Gasteiger partial charge on any atom is -0.477 e. The van der Waals surface area contributed by atoms with Crippen LogP contribution in [0.4, 0.5) is 0 Å². The molecule has 0 radical (unpaired) electrons. The van der Waals surface area contributed by atoms with Gasteiger partial charge in [0.25, 0.3) is 0 Å². The smallest absolute Gasteiger partial charge is 0.352 e. The Morgan fingerprint density at radius 2 is 2.16 bits per heavy atom. The summed E-state index contributed by atoms with van der Waals surface area (Å²) in [5.41, 5.74) is -0.0415. The van der Waals surface area contributed by atoms with Crippen LogP contribution in [0, 0.1) is 5.92 Å². The van der Waals surface area contributed by atoms with Crippen LogP contribution in [0.25, 0.3) is 0 Å². The molecule has 0 amide bonds. The van der Waals surface area contributed by atoms with Crippen LogP contribution in [0.3, 0.4) is 0 Å². The number of carbonyl (C=O) groups is 1. The number of nitrogens with one attached hydrogen (secondary N) is 1. The second-order valence-corrected chi connectivity index (χ2v) is 6.93. The normalized spacial score (nSPS) is 23.7. The first-order chi connectivity index (χ1) is 8.79.